The van der Waals surface area contributed by atoms with Gasteiger partial charge in [-0.25, -0.2) is 4.98 Å². The van der Waals surface area contributed by atoms with Crippen molar-refractivity contribution in [2.24, 2.45) is 0 Å². The molecule has 0 aliphatic rings. The number of hydrogen-bond donors (Lipinski definition) is 0. The second-order valence-corrected chi connectivity index (χ2v) is 2.52. The molecule has 0 aliphatic carbocycles. The molecule has 1 rings (SSSR count). The molecule has 0 saturated heterocycles. The molecule has 1 aromatic rings. The Kier molecular flexibility index (Phi) is 2.91. The second-order valence-electron chi connectivity index (χ2n) is 2.52. The number of anilines is 1. The highest BCUT2D eigenvalue weighted by Crippen LogP contribution is 2.13. The van der Waals surface area contributed by atoms with Crippen LogP contribution >= 0.6 is 0 Å². The highest BCUT2D eigenvalue weighted by Gasteiger charge is 2.01. The lowest BCUT2D eigenvalue weighted by Crippen LogP contribution is -2.22. The Morgan fingerprint density at radius 1 is 1.33 bits per heavy atom. The van der Waals surface area contributed by atoms with Crippen LogP contribution in [0.25, 0.3) is 0 Å². The lowest BCUT2D eigenvalue weighted by Gasteiger charge is -2.18. The van der Waals surface area contributed by atoms with E-state index in [0.717, 1.165) is 18.9 Å². The second kappa shape index (κ2) is 3.95. The maximum Gasteiger partial charge on any atom is 0.197 e. The van der Waals surface area contributed by atoms with Gasteiger partial charge in [-0.1, -0.05) is 0 Å². The van der Waals surface area contributed by atoms with Gasteiger partial charge in [-0.15, -0.1) is 0 Å². The summed E-state index contributed by atoms with van der Waals surface area (Å²) in [6, 6.07) is 3.30. The predicted molar refractivity (Wildman–Crippen MR) is 47.9 cm³/mol. The fourth-order valence-corrected chi connectivity index (χ4v) is 1.11. The number of pyridine rings is 1. The average Bonchev–Trinajstić information content (AvgIpc) is 2.10. The van der Waals surface area contributed by atoms with E-state index in [2.05, 4.69) is 23.7 Å². The summed E-state index contributed by atoms with van der Waals surface area (Å²) in [5, 5.41) is 10.7. The van der Waals surface area contributed by atoms with Gasteiger partial charge in [-0.05, 0) is 26.0 Å². The van der Waals surface area contributed by atoms with Gasteiger partial charge in [0.05, 0.1) is 6.20 Å². The Labute approximate surface area is 72.7 Å². The summed E-state index contributed by atoms with van der Waals surface area (Å²) >= 11 is 0. The van der Waals surface area contributed by atoms with E-state index in [1.807, 2.05) is 0 Å². The van der Waals surface area contributed by atoms with E-state index in [-0.39, 0.29) is 5.75 Å². The largest absolute Gasteiger partial charge is 0.357 e. The first-order valence-corrected chi connectivity index (χ1v) is 4.16. The van der Waals surface area contributed by atoms with Crippen LogP contribution in [0.4, 0.5) is 5.82 Å². The maximum atomic E-state index is 10.7. The molecule has 1 radical (unpaired) electrons. The molecule has 0 aliphatic heterocycles. The Hall–Kier alpha value is -1.25. The van der Waals surface area contributed by atoms with Crippen molar-refractivity contribution in [3.63, 3.8) is 0 Å². The van der Waals surface area contributed by atoms with Gasteiger partial charge in [0, 0.05) is 13.1 Å². The first-order chi connectivity index (χ1) is 5.77. The van der Waals surface area contributed by atoms with Crippen LogP contribution in [0.15, 0.2) is 18.3 Å². The first-order valence-electron chi connectivity index (χ1n) is 4.16. The Morgan fingerprint density at radius 2 is 2.00 bits per heavy atom. The van der Waals surface area contributed by atoms with Crippen molar-refractivity contribution in [2.45, 2.75) is 13.8 Å². The van der Waals surface area contributed by atoms with Crippen LogP contribution in [-0.4, -0.2) is 18.1 Å². The van der Waals surface area contributed by atoms with Crippen molar-refractivity contribution < 1.29 is 5.11 Å². The summed E-state index contributed by atoms with van der Waals surface area (Å²) in [5.41, 5.74) is 0. The van der Waals surface area contributed by atoms with E-state index in [1.54, 1.807) is 12.1 Å². The molecule has 0 bridgehead atoms. The first kappa shape index (κ1) is 8.84. The van der Waals surface area contributed by atoms with Crippen molar-refractivity contribution in [3.05, 3.63) is 18.3 Å². The van der Waals surface area contributed by atoms with E-state index in [0.29, 0.717) is 0 Å². The molecule has 0 aromatic carbocycles. The van der Waals surface area contributed by atoms with Crippen molar-refractivity contribution in [2.75, 3.05) is 18.0 Å². The van der Waals surface area contributed by atoms with Gasteiger partial charge < -0.3 is 4.90 Å². The van der Waals surface area contributed by atoms with E-state index in [4.69, 9.17) is 0 Å². The summed E-state index contributed by atoms with van der Waals surface area (Å²) in [4.78, 5) is 6.13. The third-order valence-corrected chi connectivity index (χ3v) is 1.81. The molecule has 65 valence electrons. The van der Waals surface area contributed by atoms with Crippen LogP contribution in [-0.2, 0) is 5.11 Å². The standard InChI is InChI=1S/C9H13N2O/c1-3-11(4-2)9-6-5-8(12)7-10-9/h5-7H,3-4H2,1-2H3. The molecule has 3 heteroatoms. The SMILES string of the molecule is CCN(CC)c1ccc([O])cn1. The molecule has 12 heavy (non-hydrogen) atoms. The third kappa shape index (κ3) is 1.87. The van der Waals surface area contributed by atoms with Crippen LogP contribution in [0.2, 0.25) is 0 Å². The molecule has 0 amide bonds. The van der Waals surface area contributed by atoms with Crippen LogP contribution in [0.1, 0.15) is 13.8 Å². The third-order valence-electron chi connectivity index (χ3n) is 1.81. The van der Waals surface area contributed by atoms with Crippen molar-refractivity contribution >= 4 is 5.82 Å². The fraction of sp³-hybridized carbons (Fsp3) is 0.444. The van der Waals surface area contributed by atoms with Gasteiger partial charge in [0.15, 0.2) is 5.75 Å². The molecule has 0 fully saturated rings. The highest BCUT2D eigenvalue weighted by molar-refractivity contribution is 5.39. The van der Waals surface area contributed by atoms with Crippen LogP contribution in [0.3, 0.4) is 0 Å². The molecule has 0 saturated carbocycles. The van der Waals surface area contributed by atoms with Gasteiger partial charge in [0.25, 0.3) is 0 Å². The van der Waals surface area contributed by atoms with E-state index >= 15 is 0 Å². The zero-order valence-corrected chi connectivity index (χ0v) is 7.45. The Morgan fingerprint density at radius 3 is 2.42 bits per heavy atom. The smallest absolute Gasteiger partial charge is 0.197 e. The molecule has 1 heterocycles. The highest BCUT2D eigenvalue weighted by atomic mass is 16.3. The Bertz CT molecular complexity index is 229. The molecule has 3 nitrogen and oxygen atoms in total. The van der Waals surface area contributed by atoms with Gasteiger partial charge in [0.2, 0.25) is 0 Å². The van der Waals surface area contributed by atoms with E-state index < -0.39 is 0 Å². The van der Waals surface area contributed by atoms with Crippen LogP contribution in [0, 0.1) is 0 Å². The van der Waals surface area contributed by atoms with Crippen molar-refractivity contribution in [1.82, 2.24) is 4.98 Å². The van der Waals surface area contributed by atoms with E-state index in [9.17, 15) is 5.11 Å². The van der Waals surface area contributed by atoms with Gasteiger partial charge in [0.1, 0.15) is 5.82 Å². The zero-order chi connectivity index (χ0) is 8.97. The van der Waals surface area contributed by atoms with Crippen molar-refractivity contribution in [1.29, 1.82) is 0 Å². The quantitative estimate of drug-likeness (QED) is 0.687. The normalized spacial score (nSPS) is 9.83. The molecule has 0 atom stereocenters. The predicted octanol–water partition coefficient (Wildman–Crippen LogP) is 2.07. The molecular formula is C9H13N2O. The summed E-state index contributed by atoms with van der Waals surface area (Å²) in [6.45, 7) is 5.97. The topological polar surface area (TPSA) is 36.0 Å². The minimum atomic E-state index is -0.0362. The summed E-state index contributed by atoms with van der Waals surface area (Å²) in [5.74, 6) is 0.838. The van der Waals surface area contributed by atoms with Crippen LogP contribution < -0.4 is 4.90 Å². The lowest BCUT2D eigenvalue weighted by atomic mass is 10.4. The van der Waals surface area contributed by atoms with E-state index in [1.165, 1.54) is 6.20 Å². The average molecular weight is 165 g/mol. The minimum Gasteiger partial charge on any atom is -0.357 e. The molecular weight excluding hydrogens is 152 g/mol. The van der Waals surface area contributed by atoms with Crippen molar-refractivity contribution in [3.8, 4) is 5.75 Å². The summed E-state index contributed by atoms with van der Waals surface area (Å²) in [7, 11) is 0. The lowest BCUT2D eigenvalue weighted by molar-refractivity contribution is 0.353. The minimum absolute atomic E-state index is 0.0362. The monoisotopic (exact) mass is 165 g/mol. The van der Waals surface area contributed by atoms with Gasteiger partial charge in [-0.2, -0.15) is 0 Å². The fourth-order valence-electron chi connectivity index (χ4n) is 1.11. The number of aromatic nitrogens is 1. The Balaban J connectivity index is 2.80. The number of rotatable bonds is 3. The molecule has 0 N–H and O–H groups in total. The number of hydrogen-bond acceptors (Lipinski definition) is 2. The van der Waals surface area contributed by atoms with Gasteiger partial charge in [-0.3, -0.25) is 5.11 Å². The number of nitrogens with zero attached hydrogens (tertiary/aromatic N) is 2. The van der Waals surface area contributed by atoms with Gasteiger partial charge >= 0.3 is 0 Å². The molecule has 1 aromatic heterocycles. The maximum absolute atomic E-state index is 10.7. The summed E-state index contributed by atoms with van der Waals surface area (Å²) in [6.07, 6.45) is 1.35. The molecule has 0 spiro atoms. The van der Waals surface area contributed by atoms with Crippen LogP contribution in [0.5, 0.6) is 5.75 Å². The summed E-state index contributed by atoms with van der Waals surface area (Å²) < 4.78 is 0. The molecule has 0 unspecified atom stereocenters. The zero-order valence-electron chi connectivity index (χ0n) is 7.45.